The lowest BCUT2D eigenvalue weighted by atomic mass is 9.87. The molecule has 4 aromatic rings. The highest BCUT2D eigenvalue weighted by molar-refractivity contribution is 6.13. The van der Waals surface area contributed by atoms with Crippen LogP contribution in [0, 0.1) is 6.92 Å². The first-order valence-corrected chi connectivity index (χ1v) is 10.6. The van der Waals surface area contributed by atoms with Crippen molar-refractivity contribution in [3.63, 3.8) is 0 Å². The van der Waals surface area contributed by atoms with Crippen LogP contribution in [0.15, 0.2) is 66.9 Å². The summed E-state index contributed by atoms with van der Waals surface area (Å²) >= 11 is 0. The molecule has 5 heteroatoms. The lowest BCUT2D eigenvalue weighted by Gasteiger charge is -2.21. The van der Waals surface area contributed by atoms with Crippen molar-refractivity contribution in [1.29, 1.82) is 0 Å². The molecule has 32 heavy (non-hydrogen) atoms. The molecule has 0 saturated heterocycles. The van der Waals surface area contributed by atoms with Crippen molar-refractivity contribution in [3.8, 4) is 17.1 Å². The summed E-state index contributed by atoms with van der Waals surface area (Å²) in [6.07, 6.45) is 1.72. The first-order chi connectivity index (χ1) is 15.3. The zero-order valence-corrected chi connectivity index (χ0v) is 19.1. The largest absolute Gasteiger partial charge is 0.495 e. The number of amides is 1. The number of aryl methyl sites for hydroxylation is 1. The molecule has 2 aromatic carbocycles. The number of benzene rings is 2. The Bertz CT molecular complexity index is 1290. The van der Waals surface area contributed by atoms with Crippen LogP contribution in [-0.2, 0) is 5.41 Å². The van der Waals surface area contributed by atoms with Crippen molar-refractivity contribution in [3.05, 3.63) is 83.6 Å². The van der Waals surface area contributed by atoms with Crippen LogP contribution in [0.4, 0.5) is 5.69 Å². The van der Waals surface area contributed by atoms with E-state index in [2.05, 4.69) is 31.1 Å². The molecule has 0 fully saturated rings. The third-order valence-corrected chi connectivity index (χ3v) is 5.45. The molecule has 0 atom stereocenters. The van der Waals surface area contributed by atoms with Gasteiger partial charge in [0, 0.05) is 11.6 Å². The summed E-state index contributed by atoms with van der Waals surface area (Å²) in [4.78, 5) is 22.7. The van der Waals surface area contributed by atoms with E-state index in [1.807, 2.05) is 61.5 Å². The van der Waals surface area contributed by atoms with E-state index in [0.29, 0.717) is 22.7 Å². The molecule has 1 N–H and O–H groups in total. The molecule has 0 saturated carbocycles. The fourth-order valence-corrected chi connectivity index (χ4v) is 3.63. The van der Waals surface area contributed by atoms with Crippen LogP contribution in [0.5, 0.6) is 5.75 Å². The molecule has 0 aliphatic heterocycles. The van der Waals surface area contributed by atoms with E-state index in [4.69, 9.17) is 9.72 Å². The predicted molar refractivity (Wildman–Crippen MR) is 129 cm³/mol. The van der Waals surface area contributed by atoms with Crippen LogP contribution >= 0.6 is 0 Å². The summed E-state index contributed by atoms with van der Waals surface area (Å²) in [7, 11) is 1.60. The third kappa shape index (κ3) is 4.33. The van der Waals surface area contributed by atoms with E-state index in [9.17, 15) is 4.79 Å². The average molecular weight is 426 g/mol. The molecule has 0 radical (unpaired) electrons. The molecule has 4 rings (SSSR count). The number of rotatable bonds is 4. The fraction of sp³-hybridized carbons (Fsp3) is 0.222. The Hall–Kier alpha value is -3.73. The number of fused-ring (bicyclic) bond motifs is 1. The number of carbonyl (C=O) groups is 1. The van der Waals surface area contributed by atoms with E-state index < -0.39 is 0 Å². The number of hydrogen-bond acceptors (Lipinski definition) is 4. The first kappa shape index (κ1) is 21.5. The van der Waals surface area contributed by atoms with Crippen molar-refractivity contribution in [1.82, 2.24) is 9.97 Å². The molecule has 162 valence electrons. The van der Waals surface area contributed by atoms with Crippen molar-refractivity contribution in [2.45, 2.75) is 33.1 Å². The number of anilines is 1. The molecular weight excluding hydrogens is 398 g/mol. The molecule has 0 bridgehead atoms. The van der Waals surface area contributed by atoms with Gasteiger partial charge in [-0.05, 0) is 60.4 Å². The smallest absolute Gasteiger partial charge is 0.256 e. The summed E-state index contributed by atoms with van der Waals surface area (Å²) < 4.78 is 5.51. The van der Waals surface area contributed by atoms with Gasteiger partial charge in [0.15, 0.2) is 0 Å². The van der Waals surface area contributed by atoms with Crippen LogP contribution in [0.1, 0.15) is 42.3 Å². The molecule has 5 nitrogen and oxygen atoms in total. The maximum absolute atomic E-state index is 13.5. The van der Waals surface area contributed by atoms with Crippen LogP contribution in [-0.4, -0.2) is 23.0 Å². The van der Waals surface area contributed by atoms with Crippen LogP contribution in [0.2, 0.25) is 0 Å². The van der Waals surface area contributed by atoms with Gasteiger partial charge in [-0.1, -0.05) is 44.5 Å². The van der Waals surface area contributed by atoms with Gasteiger partial charge in [0.2, 0.25) is 0 Å². The Morgan fingerprint density at radius 2 is 1.78 bits per heavy atom. The van der Waals surface area contributed by atoms with Gasteiger partial charge >= 0.3 is 0 Å². The van der Waals surface area contributed by atoms with E-state index >= 15 is 0 Å². The van der Waals surface area contributed by atoms with Gasteiger partial charge in [-0.15, -0.1) is 0 Å². The maximum Gasteiger partial charge on any atom is 0.256 e. The SMILES string of the molecule is COc1ccc(C(C)(C)C)cc1NC(=O)c1cc(-c2ccccn2)nc2ccc(C)cc12. The number of ether oxygens (including phenoxy) is 1. The lowest BCUT2D eigenvalue weighted by molar-refractivity contribution is 0.102. The quantitative estimate of drug-likeness (QED) is 0.425. The monoisotopic (exact) mass is 425 g/mol. The Morgan fingerprint density at radius 1 is 0.969 bits per heavy atom. The molecule has 0 aliphatic carbocycles. The van der Waals surface area contributed by atoms with E-state index in [0.717, 1.165) is 27.7 Å². The molecular formula is C27H27N3O2. The highest BCUT2D eigenvalue weighted by atomic mass is 16.5. The minimum absolute atomic E-state index is 0.0572. The molecule has 0 aliphatic rings. The van der Waals surface area contributed by atoms with Gasteiger partial charge in [-0.3, -0.25) is 9.78 Å². The number of pyridine rings is 2. The Balaban J connectivity index is 1.82. The maximum atomic E-state index is 13.5. The summed E-state index contributed by atoms with van der Waals surface area (Å²) in [5.74, 6) is 0.399. The Morgan fingerprint density at radius 3 is 2.47 bits per heavy atom. The van der Waals surface area contributed by atoms with Crippen molar-refractivity contribution in [2.75, 3.05) is 12.4 Å². The molecule has 2 aromatic heterocycles. The second kappa shape index (κ2) is 8.42. The summed E-state index contributed by atoms with van der Waals surface area (Å²) in [5.41, 5.74) is 5.42. The topological polar surface area (TPSA) is 64.1 Å². The van der Waals surface area contributed by atoms with Crippen LogP contribution < -0.4 is 10.1 Å². The minimum Gasteiger partial charge on any atom is -0.495 e. The first-order valence-electron chi connectivity index (χ1n) is 10.6. The zero-order valence-electron chi connectivity index (χ0n) is 19.1. The lowest BCUT2D eigenvalue weighted by Crippen LogP contribution is -2.16. The fourth-order valence-electron chi connectivity index (χ4n) is 3.63. The van der Waals surface area contributed by atoms with E-state index in [1.165, 1.54) is 0 Å². The average Bonchev–Trinajstić information content (AvgIpc) is 2.78. The van der Waals surface area contributed by atoms with Crippen LogP contribution in [0.3, 0.4) is 0 Å². The minimum atomic E-state index is -0.218. The molecule has 0 spiro atoms. The van der Waals surface area contributed by atoms with Crippen molar-refractivity contribution >= 4 is 22.5 Å². The van der Waals surface area contributed by atoms with E-state index in [1.54, 1.807) is 19.4 Å². The zero-order chi connectivity index (χ0) is 22.9. The summed E-state index contributed by atoms with van der Waals surface area (Å²) in [6.45, 7) is 8.42. The van der Waals surface area contributed by atoms with Gasteiger partial charge in [-0.2, -0.15) is 0 Å². The van der Waals surface area contributed by atoms with Gasteiger partial charge in [-0.25, -0.2) is 4.98 Å². The summed E-state index contributed by atoms with van der Waals surface area (Å²) in [5, 5.41) is 3.87. The van der Waals surface area contributed by atoms with Gasteiger partial charge in [0.25, 0.3) is 5.91 Å². The number of hydrogen-bond donors (Lipinski definition) is 1. The molecule has 0 unspecified atom stereocenters. The number of nitrogens with zero attached hydrogens (tertiary/aromatic N) is 2. The third-order valence-electron chi connectivity index (χ3n) is 5.45. The highest BCUT2D eigenvalue weighted by Gasteiger charge is 2.19. The second-order valence-electron chi connectivity index (χ2n) is 8.91. The number of nitrogens with one attached hydrogen (secondary N) is 1. The Labute approximate surface area is 188 Å². The molecule has 2 heterocycles. The number of aromatic nitrogens is 2. The number of methoxy groups -OCH3 is 1. The normalized spacial score (nSPS) is 11.4. The highest BCUT2D eigenvalue weighted by Crippen LogP contribution is 2.32. The van der Waals surface area contributed by atoms with Gasteiger partial charge < -0.3 is 10.1 Å². The van der Waals surface area contributed by atoms with E-state index in [-0.39, 0.29) is 11.3 Å². The second-order valence-corrected chi connectivity index (χ2v) is 8.91. The summed E-state index contributed by atoms with van der Waals surface area (Å²) in [6, 6.07) is 19.3. The Kier molecular flexibility index (Phi) is 5.66. The van der Waals surface area contributed by atoms with Gasteiger partial charge in [0.1, 0.15) is 5.75 Å². The predicted octanol–water partition coefficient (Wildman–Crippen LogP) is 6.16. The number of carbonyl (C=O) groups excluding carboxylic acids is 1. The molecule has 1 amide bonds. The standard InChI is InChI=1S/C27H27N3O2/c1-17-9-11-21-19(14-17)20(16-23(29-21)22-8-6-7-13-28-22)26(31)30-24-15-18(27(2,3)4)10-12-25(24)32-5/h6-16H,1-5H3,(H,30,31). The van der Waals surface area contributed by atoms with Gasteiger partial charge in [0.05, 0.1) is 35.3 Å². The van der Waals surface area contributed by atoms with Crippen molar-refractivity contribution < 1.29 is 9.53 Å². The van der Waals surface area contributed by atoms with Crippen molar-refractivity contribution in [2.24, 2.45) is 0 Å². The van der Waals surface area contributed by atoms with Crippen LogP contribution in [0.25, 0.3) is 22.3 Å².